The topological polar surface area (TPSA) is 49.9 Å². The van der Waals surface area contributed by atoms with Gasteiger partial charge in [-0.2, -0.15) is 0 Å². The Morgan fingerprint density at radius 1 is 1.26 bits per heavy atom. The molecule has 0 aliphatic heterocycles. The summed E-state index contributed by atoms with van der Waals surface area (Å²) >= 11 is 6.16. The first kappa shape index (κ1) is 16.7. The zero-order valence-electron chi connectivity index (χ0n) is 13.4. The number of halogens is 1. The Bertz CT molecular complexity index is 793. The average molecular weight is 352 g/mol. The third kappa shape index (κ3) is 3.38. The molecule has 0 amide bonds. The van der Waals surface area contributed by atoms with Crippen LogP contribution in [0.15, 0.2) is 27.9 Å². The maximum atomic E-state index is 13.3. The van der Waals surface area contributed by atoms with Crippen LogP contribution in [0.5, 0.6) is 0 Å². The van der Waals surface area contributed by atoms with Crippen molar-refractivity contribution in [3.63, 3.8) is 0 Å². The molecule has 1 aliphatic rings. The fourth-order valence-electron chi connectivity index (χ4n) is 3.43. The van der Waals surface area contributed by atoms with Crippen LogP contribution in [-0.4, -0.2) is 14.4 Å². The molecule has 1 fully saturated rings. The third-order valence-electron chi connectivity index (χ3n) is 4.58. The summed E-state index contributed by atoms with van der Waals surface area (Å²) in [5, 5.41) is 1.60. The highest BCUT2D eigenvalue weighted by Gasteiger charge is 2.26. The number of aromatic nitrogens is 1. The molecule has 3 nitrogen and oxygen atoms in total. The van der Waals surface area contributed by atoms with E-state index in [9.17, 15) is 9.00 Å². The molecule has 1 heterocycles. The van der Waals surface area contributed by atoms with Gasteiger partial charge in [-0.15, -0.1) is 0 Å². The van der Waals surface area contributed by atoms with Gasteiger partial charge in [-0.05, 0) is 37.5 Å². The summed E-state index contributed by atoms with van der Waals surface area (Å²) in [5.74, 6) is 0. The zero-order chi connectivity index (χ0) is 16.4. The van der Waals surface area contributed by atoms with Gasteiger partial charge in [0.15, 0.2) is 0 Å². The number of hydrogen-bond acceptors (Lipinski definition) is 2. The quantitative estimate of drug-likeness (QED) is 0.876. The molecule has 0 bridgehead atoms. The second-order valence-corrected chi connectivity index (χ2v) is 8.37. The first-order valence-electron chi connectivity index (χ1n) is 8.36. The lowest BCUT2D eigenvalue weighted by Gasteiger charge is -2.23. The van der Waals surface area contributed by atoms with Gasteiger partial charge in [-0.25, -0.2) is 0 Å². The number of rotatable bonds is 4. The molecule has 1 N–H and O–H groups in total. The van der Waals surface area contributed by atoms with Crippen LogP contribution >= 0.6 is 11.6 Å². The number of fused-ring (bicyclic) bond motifs is 1. The molecule has 124 valence electrons. The Kier molecular flexibility index (Phi) is 5.22. The number of aromatic amines is 1. The molecule has 3 rings (SSSR count). The van der Waals surface area contributed by atoms with Crippen molar-refractivity contribution in [3.8, 4) is 0 Å². The SMILES string of the molecule is CCCc1c([S@](=O)C2CCCCC2)c2cc(Cl)ccc2[nH]c1=O. The summed E-state index contributed by atoms with van der Waals surface area (Å²) in [5.41, 5.74) is 1.28. The van der Waals surface area contributed by atoms with E-state index in [0.29, 0.717) is 17.0 Å². The van der Waals surface area contributed by atoms with Crippen molar-refractivity contribution in [1.29, 1.82) is 0 Å². The van der Waals surface area contributed by atoms with Crippen LogP contribution < -0.4 is 5.56 Å². The van der Waals surface area contributed by atoms with Crippen LogP contribution in [-0.2, 0) is 17.2 Å². The van der Waals surface area contributed by atoms with Gasteiger partial charge in [0.2, 0.25) is 0 Å². The Morgan fingerprint density at radius 3 is 2.70 bits per heavy atom. The normalized spacial score (nSPS) is 17.5. The summed E-state index contributed by atoms with van der Waals surface area (Å²) in [6.45, 7) is 2.04. The standard InChI is InChI=1S/C18H22ClNO2S/c1-2-6-14-17(23(22)13-7-4-3-5-8-13)15-11-12(19)9-10-16(15)20-18(14)21/h9-11,13H,2-8H2,1H3,(H,20,21)/t23-/m1/s1. The Hall–Kier alpha value is -1.13. The number of hydrogen-bond donors (Lipinski definition) is 1. The van der Waals surface area contributed by atoms with Crippen molar-refractivity contribution < 1.29 is 4.21 Å². The molecule has 23 heavy (non-hydrogen) atoms. The van der Waals surface area contributed by atoms with E-state index in [1.165, 1.54) is 6.42 Å². The summed E-state index contributed by atoms with van der Waals surface area (Å²) in [6.07, 6.45) is 6.93. The van der Waals surface area contributed by atoms with Gasteiger partial charge >= 0.3 is 0 Å². The van der Waals surface area contributed by atoms with Crippen molar-refractivity contribution in [2.45, 2.75) is 62.0 Å². The molecule has 0 radical (unpaired) electrons. The summed E-state index contributed by atoms with van der Waals surface area (Å²) < 4.78 is 13.3. The van der Waals surface area contributed by atoms with E-state index < -0.39 is 10.8 Å². The van der Waals surface area contributed by atoms with E-state index in [2.05, 4.69) is 4.98 Å². The summed E-state index contributed by atoms with van der Waals surface area (Å²) in [4.78, 5) is 16.1. The lowest BCUT2D eigenvalue weighted by Crippen LogP contribution is -2.24. The Labute approximate surface area is 143 Å². The van der Waals surface area contributed by atoms with Crippen molar-refractivity contribution in [1.82, 2.24) is 4.98 Å². The molecular formula is C18H22ClNO2S. The van der Waals surface area contributed by atoms with E-state index in [4.69, 9.17) is 11.6 Å². The third-order valence-corrected chi connectivity index (χ3v) is 6.76. The molecule has 1 saturated carbocycles. The molecule has 0 unspecified atom stereocenters. The predicted molar refractivity (Wildman–Crippen MR) is 96.9 cm³/mol. The zero-order valence-corrected chi connectivity index (χ0v) is 14.9. The molecule has 2 aromatic rings. The minimum atomic E-state index is -1.15. The van der Waals surface area contributed by atoms with E-state index in [-0.39, 0.29) is 10.8 Å². The average Bonchev–Trinajstić information content (AvgIpc) is 2.56. The summed E-state index contributed by atoms with van der Waals surface area (Å²) in [6, 6.07) is 5.39. The molecule has 1 aromatic carbocycles. The highest BCUT2D eigenvalue weighted by Crippen LogP contribution is 2.31. The van der Waals surface area contributed by atoms with Gasteiger partial charge in [0.05, 0.1) is 15.7 Å². The highest BCUT2D eigenvalue weighted by atomic mass is 35.5. The second kappa shape index (κ2) is 7.18. The van der Waals surface area contributed by atoms with Crippen molar-refractivity contribution in [3.05, 3.63) is 39.1 Å². The minimum absolute atomic E-state index is 0.110. The van der Waals surface area contributed by atoms with Gasteiger partial charge in [-0.3, -0.25) is 9.00 Å². The first-order valence-corrected chi connectivity index (χ1v) is 9.96. The van der Waals surface area contributed by atoms with Gasteiger partial charge in [0, 0.05) is 26.7 Å². The van der Waals surface area contributed by atoms with Crippen molar-refractivity contribution >= 4 is 33.3 Å². The molecule has 1 aliphatic carbocycles. The molecule has 0 saturated heterocycles. The molecule has 0 spiro atoms. The van der Waals surface area contributed by atoms with Gasteiger partial charge < -0.3 is 4.98 Å². The van der Waals surface area contributed by atoms with Crippen molar-refractivity contribution in [2.75, 3.05) is 0 Å². The fourth-order valence-corrected chi connectivity index (χ4v) is 5.52. The predicted octanol–water partition coefficient (Wildman–Crippen LogP) is 4.57. The maximum Gasteiger partial charge on any atom is 0.252 e. The van der Waals surface area contributed by atoms with E-state index >= 15 is 0 Å². The molecule has 1 atom stereocenters. The second-order valence-electron chi connectivity index (χ2n) is 6.26. The van der Waals surface area contributed by atoms with Crippen LogP contribution in [0.25, 0.3) is 10.9 Å². The fraction of sp³-hybridized carbons (Fsp3) is 0.500. The van der Waals surface area contributed by atoms with E-state index in [1.54, 1.807) is 12.1 Å². The van der Waals surface area contributed by atoms with Crippen LogP contribution in [0.1, 0.15) is 51.0 Å². The number of pyridine rings is 1. The lowest BCUT2D eigenvalue weighted by molar-refractivity contribution is 0.504. The minimum Gasteiger partial charge on any atom is -0.322 e. The van der Waals surface area contributed by atoms with Crippen molar-refractivity contribution in [2.24, 2.45) is 0 Å². The van der Waals surface area contributed by atoms with Gasteiger partial charge in [0.1, 0.15) is 0 Å². The first-order chi connectivity index (χ1) is 11.1. The van der Waals surface area contributed by atoms with Crippen LogP contribution in [0.3, 0.4) is 0 Å². The van der Waals surface area contributed by atoms with Crippen LogP contribution in [0.4, 0.5) is 0 Å². The number of benzene rings is 1. The van der Waals surface area contributed by atoms with Crippen LogP contribution in [0, 0.1) is 0 Å². The number of H-pyrrole nitrogens is 1. The number of nitrogens with one attached hydrogen (secondary N) is 1. The molecule has 5 heteroatoms. The van der Waals surface area contributed by atoms with Gasteiger partial charge in [0.25, 0.3) is 5.56 Å². The Balaban J connectivity index is 2.21. The Morgan fingerprint density at radius 2 is 2.00 bits per heavy atom. The largest absolute Gasteiger partial charge is 0.322 e. The monoisotopic (exact) mass is 351 g/mol. The summed E-state index contributed by atoms with van der Waals surface area (Å²) in [7, 11) is -1.15. The highest BCUT2D eigenvalue weighted by molar-refractivity contribution is 7.86. The van der Waals surface area contributed by atoms with Gasteiger partial charge in [-0.1, -0.05) is 44.2 Å². The molecular weight excluding hydrogens is 330 g/mol. The van der Waals surface area contributed by atoms with E-state index in [0.717, 1.165) is 47.9 Å². The van der Waals surface area contributed by atoms with Crippen LogP contribution in [0.2, 0.25) is 5.02 Å². The lowest BCUT2D eigenvalue weighted by atomic mass is 10.0. The van der Waals surface area contributed by atoms with E-state index in [1.807, 2.05) is 13.0 Å². The maximum absolute atomic E-state index is 13.3. The smallest absolute Gasteiger partial charge is 0.252 e. The molecule has 1 aromatic heterocycles.